The lowest BCUT2D eigenvalue weighted by Crippen LogP contribution is -2.45. The van der Waals surface area contributed by atoms with Crippen molar-refractivity contribution in [2.45, 2.75) is 40.3 Å². The quantitative estimate of drug-likeness (QED) is 0.365. The Morgan fingerprint density at radius 3 is 2.56 bits per heavy atom. The highest BCUT2D eigenvalue weighted by atomic mass is 32.1. The summed E-state index contributed by atoms with van der Waals surface area (Å²) >= 11 is 1.56. The smallest absolute Gasteiger partial charge is 0.322 e. The number of aromatic nitrogens is 2. The number of urea groups is 1. The van der Waals surface area contributed by atoms with E-state index in [1.54, 1.807) is 16.2 Å². The third-order valence-corrected chi connectivity index (χ3v) is 7.31. The molecule has 2 aromatic carbocycles. The van der Waals surface area contributed by atoms with Crippen molar-refractivity contribution in [2.75, 3.05) is 0 Å². The molecule has 1 unspecified atom stereocenters. The number of nitrogens with zero attached hydrogens (tertiary/aromatic N) is 3. The summed E-state index contributed by atoms with van der Waals surface area (Å²) in [5.74, 6) is 0.963. The Morgan fingerprint density at radius 1 is 1.00 bits per heavy atom. The van der Waals surface area contributed by atoms with Crippen molar-refractivity contribution >= 4 is 22.9 Å². The van der Waals surface area contributed by atoms with Gasteiger partial charge in [0.15, 0.2) is 0 Å². The van der Waals surface area contributed by atoms with Gasteiger partial charge in [0, 0.05) is 5.70 Å². The second kappa shape index (κ2) is 8.91. The van der Waals surface area contributed by atoms with E-state index in [1.807, 2.05) is 48.7 Å². The fourth-order valence-corrected chi connectivity index (χ4v) is 4.89. The molecule has 1 N–H and O–H groups in total. The Balaban J connectivity index is 1.62. The Morgan fingerprint density at radius 2 is 1.82 bits per heavy atom. The molecule has 1 aliphatic heterocycles. The normalized spacial score (nSPS) is 16.2. The van der Waals surface area contributed by atoms with Crippen molar-refractivity contribution in [3.8, 4) is 10.7 Å². The second-order valence-corrected chi connectivity index (χ2v) is 9.59. The van der Waals surface area contributed by atoms with Crippen molar-refractivity contribution in [1.82, 2.24) is 20.4 Å². The van der Waals surface area contributed by atoms with E-state index in [9.17, 15) is 4.79 Å². The van der Waals surface area contributed by atoms with E-state index < -0.39 is 6.04 Å². The highest BCUT2D eigenvalue weighted by Crippen LogP contribution is 2.38. The first-order valence-electron chi connectivity index (χ1n) is 11.2. The van der Waals surface area contributed by atoms with Gasteiger partial charge in [-0.2, -0.15) is 4.98 Å². The summed E-state index contributed by atoms with van der Waals surface area (Å²) < 4.78 is 5.77. The first-order chi connectivity index (χ1) is 16.4. The molecule has 4 aromatic rings. The van der Waals surface area contributed by atoms with E-state index in [4.69, 9.17) is 9.51 Å². The number of benzene rings is 2. The van der Waals surface area contributed by atoms with Gasteiger partial charge in [-0.1, -0.05) is 53.7 Å². The summed E-state index contributed by atoms with van der Waals surface area (Å²) in [5.41, 5.74) is 7.19. The summed E-state index contributed by atoms with van der Waals surface area (Å²) in [4.78, 5) is 20.8. The maximum atomic E-state index is 13.3. The summed E-state index contributed by atoms with van der Waals surface area (Å²) in [5, 5.41) is 9.41. The van der Waals surface area contributed by atoms with Gasteiger partial charge in [-0.05, 0) is 67.0 Å². The van der Waals surface area contributed by atoms with Crippen LogP contribution in [0.25, 0.3) is 16.3 Å². The van der Waals surface area contributed by atoms with Gasteiger partial charge < -0.3 is 9.84 Å². The Labute approximate surface area is 202 Å². The van der Waals surface area contributed by atoms with Crippen LogP contribution in [0, 0.1) is 20.8 Å². The van der Waals surface area contributed by atoms with Gasteiger partial charge in [-0.3, -0.25) is 4.90 Å². The summed E-state index contributed by atoms with van der Waals surface area (Å²) in [6, 6.07) is 17.7. The average Bonchev–Trinajstić information content (AvgIpc) is 3.51. The van der Waals surface area contributed by atoms with E-state index in [-0.39, 0.29) is 6.03 Å². The van der Waals surface area contributed by atoms with Crippen molar-refractivity contribution in [2.24, 2.45) is 0 Å². The molecule has 1 aliphatic rings. The van der Waals surface area contributed by atoms with Gasteiger partial charge in [-0.25, -0.2) is 4.79 Å². The number of rotatable bonds is 5. The maximum Gasteiger partial charge on any atom is 0.322 e. The molecule has 2 amide bonds. The highest BCUT2D eigenvalue weighted by molar-refractivity contribution is 7.13. The van der Waals surface area contributed by atoms with Gasteiger partial charge in [0.2, 0.25) is 5.82 Å². The molecular weight excluding hydrogens is 444 g/mol. The van der Waals surface area contributed by atoms with Gasteiger partial charge in [0.25, 0.3) is 5.89 Å². The minimum absolute atomic E-state index is 0.147. The fourth-order valence-electron chi connectivity index (χ4n) is 4.24. The average molecular weight is 471 g/mol. The zero-order valence-electron chi connectivity index (χ0n) is 19.6. The number of hydrogen-bond acceptors (Lipinski definition) is 5. The number of aryl methyl sites for hydroxylation is 3. The standard InChI is InChI=1S/C27H26N4O2S/c1-16-11-12-20(14-18(16)3)24-23(26-29-25(30-33-26)22-10-7-13-34-22)19(4)31(27(32)28-24)15-21-9-6-5-8-17(21)2/h5-14,24H,15H2,1-4H3,(H,28,32). The van der Waals surface area contributed by atoms with Gasteiger partial charge in [0.1, 0.15) is 0 Å². The van der Waals surface area contributed by atoms with Crippen LogP contribution in [-0.2, 0) is 6.54 Å². The molecule has 6 nitrogen and oxygen atoms in total. The molecule has 0 saturated heterocycles. The molecule has 5 rings (SSSR count). The predicted molar refractivity (Wildman–Crippen MR) is 134 cm³/mol. The Kier molecular flexibility index (Phi) is 5.79. The van der Waals surface area contributed by atoms with Crippen LogP contribution in [-0.4, -0.2) is 21.1 Å². The molecule has 0 saturated carbocycles. The molecule has 0 spiro atoms. The molecule has 7 heteroatoms. The van der Waals surface area contributed by atoms with Gasteiger partial charge in [-0.15, -0.1) is 11.3 Å². The Bertz CT molecular complexity index is 1390. The first-order valence-corrected chi connectivity index (χ1v) is 12.1. The number of amides is 2. The molecule has 1 atom stereocenters. The highest BCUT2D eigenvalue weighted by Gasteiger charge is 2.36. The molecule has 0 fully saturated rings. The largest absolute Gasteiger partial charge is 0.334 e. The van der Waals surface area contributed by atoms with Crippen LogP contribution in [0.4, 0.5) is 4.79 Å². The van der Waals surface area contributed by atoms with Crippen LogP contribution in [0.3, 0.4) is 0 Å². The van der Waals surface area contributed by atoms with Crippen LogP contribution in [0.15, 0.2) is 70.2 Å². The van der Waals surface area contributed by atoms with Crippen molar-refractivity contribution in [1.29, 1.82) is 0 Å². The number of hydrogen-bond donors (Lipinski definition) is 1. The van der Waals surface area contributed by atoms with Crippen LogP contribution < -0.4 is 5.32 Å². The molecular formula is C27H26N4O2S. The van der Waals surface area contributed by atoms with E-state index in [0.717, 1.165) is 38.4 Å². The van der Waals surface area contributed by atoms with Crippen LogP contribution in [0.1, 0.15) is 46.7 Å². The number of thiophene rings is 1. The minimum atomic E-state index is -0.392. The maximum absolute atomic E-state index is 13.3. The lowest BCUT2D eigenvalue weighted by atomic mass is 9.92. The monoisotopic (exact) mass is 470 g/mol. The summed E-state index contributed by atoms with van der Waals surface area (Å²) in [6.07, 6.45) is 0. The first kappa shape index (κ1) is 22.1. The zero-order valence-corrected chi connectivity index (χ0v) is 20.4. The lowest BCUT2D eigenvalue weighted by Gasteiger charge is -2.35. The van der Waals surface area contributed by atoms with Crippen LogP contribution in [0.5, 0.6) is 0 Å². The topological polar surface area (TPSA) is 71.3 Å². The van der Waals surface area contributed by atoms with Gasteiger partial charge in [0.05, 0.1) is 23.0 Å². The van der Waals surface area contributed by atoms with E-state index in [0.29, 0.717) is 18.3 Å². The summed E-state index contributed by atoms with van der Waals surface area (Å²) in [7, 11) is 0. The number of nitrogens with one attached hydrogen (secondary N) is 1. The van der Waals surface area contributed by atoms with Crippen LogP contribution >= 0.6 is 11.3 Å². The minimum Gasteiger partial charge on any atom is -0.334 e. The number of allylic oxidation sites excluding steroid dienone is 1. The van der Waals surface area contributed by atoms with Crippen LogP contribution in [0.2, 0.25) is 0 Å². The zero-order chi connectivity index (χ0) is 23.8. The van der Waals surface area contributed by atoms with Crippen molar-refractivity contribution in [3.63, 3.8) is 0 Å². The number of carbonyl (C=O) groups is 1. The Hall–Kier alpha value is -3.71. The molecule has 0 radical (unpaired) electrons. The lowest BCUT2D eigenvalue weighted by molar-refractivity contribution is 0.203. The van der Waals surface area contributed by atoms with Gasteiger partial charge >= 0.3 is 6.03 Å². The fraction of sp³-hybridized carbons (Fsp3) is 0.222. The molecule has 172 valence electrons. The molecule has 3 heterocycles. The third kappa shape index (κ3) is 4.03. The summed E-state index contributed by atoms with van der Waals surface area (Å²) in [6.45, 7) is 8.62. The van der Waals surface area contributed by atoms with E-state index in [1.165, 1.54) is 5.56 Å². The molecule has 0 aliphatic carbocycles. The molecule has 2 aromatic heterocycles. The second-order valence-electron chi connectivity index (χ2n) is 8.64. The van der Waals surface area contributed by atoms with E-state index >= 15 is 0 Å². The molecule has 34 heavy (non-hydrogen) atoms. The molecule has 0 bridgehead atoms. The predicted octanol–water partition coefficient (Wildman–Crippen LogP) is 6.42. The SMILES string of the molecule is CC1=C(c2nc(-c3cccs3)no2)C(c2ccc(C)c(C)c2)NC(=O)N1Cc1ccccc1C. The van der Waals surface area contributed by atoms with Crippen molar-refractivity contribution < 1.29 is 9.32 Å². The van der Waals surface area contributed by atoms with Crippen molar-refractivity contribution in [3.05, 3.63) is 99.4 Å². The van der Waals surface area contributed by atoms with E-state index in [2.05, 4.69) is 49.4 Å². The number of carbonyl (C=O) groups excluding carboxylic acids is 1. The third-order valence-electron chi connectivity index (χ3n) is 6.45.